The molecule has 0 saturated heterocycles. The first-order valence-electron chi connectivity index (χ1n) is 4.99. The maximum atomic E-state index is 11.6. The molecule has 0 rings (SSSR count). The summed E-state index contributed by atoms with van der Waals surface area (Å²) >= 11 is 0. The molecule has 0 aromatic heterocycles. The molecule has 0 radical (unpaired) electrons. The molecule has 0 bridgehead atoms. The molecule has 2 N–H and O–H groups in total. The molecule has 0 aliphatic rings. The third-order valence-electron chi connectivity index (χ3n) is 2.28. The maximum Gasteiger partial charge on any atom is 0.224 e. The zero-order chi connectivity index (χ0) is 11.1. The minimum absolute atomic E-state index is 0.0478. The van der Waals surface area contributed by atoms with Crippen molar-refractivity contribution in [1.82, 2.24) is 4.90 Å². The van der Waals surface area contributed by atoms with E-state index in [1.807, 2.05) is 20.8 Å². The Hall–Kier alpha value is -1.01. The summed E-state index contributed by atoms with van der Waals surface area (Å²) in [5, 5.41) is 0. The van der Waals surface area contributed by atoms with Crippen LogP contribution in [0.5, 0.6) is 0 Å². The minimum Gasteiger partial charge on any atom is -0.332 e. The van der Waals surface area contributed by atoms with Gasteiger partial charge in [-0.25, -0.2) is 0 Å². The fourth-order valence-electron chi connectivity index (χ4n) is 1.05. The molecule has 0 aromatic carbocycles. The van der Waals surface area contributed by atoms with E-state index in [2.05, 4.69) is 5.92 Å². The van der Waals surface area contributed by atoms with Gasteiger partial charge in [0.1, 0.15) is 0 Å². The van der Waals surface area contributed by atoms with Gasteiger partial charge in [-0.15, -0.1) is 6.42 Å². The molecule has 0 aliphatic heterocycles. The van der Waals surface area contributed by atoms with Gasteiger partial charge in [0.15, 0.2) is 0 Å². The van der Waals surface area contributed by atoms with Crippen molar-refractivity contribution < 1.29 is 4.79 Å². The van der Waals surface area contributed by atoms with E-state index < -0.39 is 0 Å². The lowest BCUT2D eigenvalue weighted by Crippen LogP contribution is -2.38. The number of hydrogen-bond donors (Lipinski definition) is 1. The largest absolute Gasteiger partial charge is 0.332 e. The van der Waals surface area contributed by atoms with E-state index in [9.17, 15) is 4.79 Å². The van der Waals surface area contributed by atoms with Crippen LogP contribution in [-0.2, 0) is 4.79 Å². The first-order chi connectivity index (χ1) is 6.52. The molecule has 80 valence electrons. The molecule has 3 heteroatoms. The Bertz CT molecular complexity index is 218. The number of rotatable bonds is 5. The van der Waals surface area contributed by atoms with Crippen molar-refractivity contribution in [1.29, 1.82) is 0 Å². The summed E-state index contributed by atoms with van der Waals surface area (Å²) in [6, 6.07) is -0.0747. The van der Waals surface area contributed by atoms with Crippen molar-refractivity contribution in [3.8, 4) is 12.3 Å². The highest BCUT2D eigenvalue weighted by Crippen LogP contribution is 2.05. The highest BCUT2D eigenvalue weighted by atomic mass is 16.2. The lowest BCUT2D eigenvalue weighted by molar-refractivity contribution is -0.130. The molecule has 14 heavy (non-hydrogen) atoms. The van der Waals surface area contributed by atoms with Crippen LogP contribution < -0.4 is 5.73 Å². The second kappa shape index (κ2) is 6.44. The molecule has 1 amide bonds. The van der Waals surface area contributed by atoms with E-state index >= 15 is 0 Å². The molecule has 0 saturated carbocycles. The molecular weight excluding hydrogens is 176 g/mol. The summed E-state index contributed by atoms with van der Waals surface area (Å²) in [7, 11) is 0. The monoisotopic (exact) mass is 196 g/mol. The normalized spacial score (nSPS) is 12.3. The van der Waals surface area contributed by atoms with E-state index in [0.29, 0.717) is 25.4 Å². The van der Waals surface area contributed by atoms with Gasteiger partial charge in [0.05, 0.1) is 6.54 Å². The number of nitrogens with two attached hydrogens (primary N) is 1. The zero-order valence-corrected chi connectivity index (χ0v) is 9.29. The smallest absolute Gasteiger partial charge is 0.224 e. The Morgan fingerprint density at radius 1 is 1.57 bits per heavy atom. The van der Waals surface area contributed by atoms with E-state index in [-0.39, 0.29) is 11.9 Å². The minimum atomic E-state index is -0.0747. The highest BCUT2D eigenvalue weighted by Gasteiger charge is 2.16. The van der Waals surface area contributed by atoms with Gasteiger partial charge in [-0.1, -0.05) is 19.8 Å². The molecule has 1 unspecified atom stereocenters. The van der Waals surface area contributed by atoms with Crippen molar-refractivity contribution in [3.63, 3.8) is 0 Å². The third kappa shape index (κ3) is 4.29. The van der Waals surface area contributed by atoms with Gasteiger partial charge in [0.2, 0.25) is 5.91 Å². The number of terminal acetylenes is 1. The maximum absolute atomic E-state index is 11.6. The molecule has 0 aromatic rings. The second-order valence-corrected chi connectivity index (χ2v) is 3.72. The lowest BCUT2D eigenvalue weighted by Gasteiger charge is -2.21. The fraction of sp³-hybridized carbons (Fsp3) is 0.727. The van der Waals surface area contributed by atoms with E-state index in [1.165, 1.54) is 0 Å². The van der Waals surface area contributed by atoms with Crippen molar-refractivity contribution in [2.75, 3.05) is 13.1 Å². The first-order valence-corrected chi connectivity index (χ1v) is 4.99. The highest BCUT2D eigenvalue weighted by molar-refractivity contribution is 5.77. The molecule has 0 aliphatic carbocycles. The summed E-state index contributed by atoms with van der Waals surface area (Å²) in [6.07, 6.45) is 5.54. The number of amides is 1. The summed E-state index contributed by atoms with van der Waals surface area (Å²) in [5.74, 6) is 2.84. The van der Waals surface area contributed by atoms with Crippen LogP contribution in [0.15, 0.2) is 0 Å². The van der Waals surface area contributed by atoms with Gasteiger partial charge in [-0.2, -0.15) is 0 Å². The Labute approximate surface area is 86.6 Å². The Balaban J connectivity index is 4.11. The average molecular weight is 196 g/mol. The number of nitrogens with zero attached hydrogens (tertiary/aromatic N) is 1. The summed E-state index contributed by atoms with van der Waals surface area (Å²) < 4.78 is 0. The fourth-order valence-corrected chi connectivity index (χ4v) is 1.05. The lowest BCUT2D eigenvalue weighted by atomic mass is 10.0. The quantitative estimate of drug-likeness (QED) is 0.662. The molecular formula is C11H20N2O. The predicted octanol–water partition coefficient (Wildman–Crippen LogP) is 0.842. The number of carbonyl (C=O) groups excluding carboxylic acids is 1. The van der Waals surface area contributed by atoms with Crippen molar-refractivity contribution >= 4 is 5.91 Å². The van der Waals surface area contributed by atoms with Crippen LogP contribution in [0, 0.1) is 18.3 Å². The molecule has 3 nitrogen and oxygen atoms in total. The summed E-state index contributed by atoms with van der Waals surface area (Å²) in [6.45, 7) is 6.95. The second-order valence-electron chi connectivity index (χ2n) is 3.72. The van der Waals surface area contributed by atoms with Crippen LogP contribution in [0.4, 0.5) is 0 Å². The van der Waals surface area contributed by atoms with Gasteiger partial charge >= 0.3 is 0 Å². The Kier molecular flexibility index (Phi) is 5.98. The van der Waals surface area contributed by atoms with Crippen molar-refractivity contribution in [2.24, 2.45) is 11.7 Å². The third-order valence-corrected chi connectivity index (χ3v) is 2.28. The van der Waals surface area contributed by atoms with Gasteiger partial charge in [0.25, 0.3) is 0 Å². The molecule has 0 spiro atoms. The van der Waals surface area contributed by atoms with E-state index in [4.69, 9.17) is 12.2 Å². The number of carbonyl (C=O) groups is 1. The van der Waals surface area contributed by atoms with E-state index in [0.717, 1.165) is 0 Å². The standard InChI is InChI=1S/C11H20N2O/c1-5-7-13(6-2)11(14)8-10(12)9(3)4/h1,9-10H,6-8,12H2,2-4H3. The Morgan fingerprint density at radius 3 is 2.50 bits per heavy atom. The van der Waals surface area contributed by atoms with Gasteiger partial charge < -0.3 is 10.6 Å². The predicted molar refractivity (Wildman–Crippen MR) is 58.5 cm³/mol. The summed E-state index contributed by atoms with van der Waals surface area (Å²) in [4.78, 5) is 13.3. The van der Waals surface area contributed by atoms with Crippen LogP contribution in [-0.4, -0.2) is 29.9 Å². The summed E-state index contributed by atoms with van der Waals surface area (Å²) in [5.41, 5.74) is 5.81. The van der Waals surface area contributed by atoms with Crippen molar-refractivity contribution in [3.05, 3.63) is 0 Å². The Morgan fingerprint density at radius 2 is 2.14 bits per heavy atom. The van der Waals surface area contributed by atoms with Gasteiger partial charge in [-0.3, -0.25) is 4.79 Å². The van der Waals surface area contributed by atoms with Crippen LogP contribution in [0.1, 0.15) is 27.2 Å². The zero-order valence-electron chi connectivity index (χ0n) is 9.29. The number of hydrogen-bond acceptors (Lipinski definition) is 2. The van der Waals surface area contributed by atoms with Crippen LogP contribution in [0.3, 0.4) is 0 Å². The van der Waals surface area contributed by atoms with Gasteiger partial charge in [0, 0.05) is 19.0 Å². The van der Waals surface area contributed by atoms with E-state index in [1.54, 1.807) is 4.90 Å². The average Bonchev–Trinajstić information content (AvgIpc) is 2.13. The van der Waals surface area contributed by atoms with Crippen LogP contribution >= 0.6 is 0 Å². The van der Waals surface area contributed by atoms with Crippen LogP contribution in [0.25, 0.3) is 0 Å². The molecule has 0 heterocycles. The molecule has 0 fully saturated rings. The topological polar surface area (TPSA) is 46.3 Å². The van der Waals surface area contributed by atoms with Gasteiger partial charge in [-0.05, 0) is 12.8 Å². The first kappa shape index (κ1) is 13.0. The molecule has 1 atom stereocenters. The van der Waals surface area contributed by atoms with Crippen molar-refractivity contribution in [2.45, 2.75) is 33.2 Å². The van der Waals surface area contributed by atoms with Crippen LogP contribution in [0.2, 0.25) is 0 Å². The SMILES string of the molecule is C#CCN(CC)C(=O)CC(N)C(C)C.